The van der Waals surface area contributed by atoms with E-state index in [9.17, 15) is 5.11 Å². The van der Waals surface area contributed by atoms with Crippen LogP contribution < -0.4 is 5.73 Å². The van der Waals surface area contributed by atoms with Crippen LogP contribution >= 0.6 is 0 Å². The molecule has 3 N–H and O–H groups in total. The summed E-state index contributed by atoms with van der Waals surface area (Å²) in [4.78, 5) is 4.23. The summed E-state index contributed by atoms with van der Waals surface area (Å²) in [5.41, 5.74) is 8.02. The Kier molecular flexibility index (Phi) is 2.87. The summed E-state index contributed by atoms with van der Waals surface area (Å²) in [6.07, 6.45) is 1.68. The summed E-state index contributed by atoms with van der Waals surface area (Å²) in [6.45, 7) is 0. The van der Waals surface area contributed by atoms with Crippen LogP contribution in [0.3, 0.4) is 0 Å². The van der Waals surface area contributed by atoms with Crippen LogP contribution in [0.4, 0.5) is 11.4 Å². The zero-order valence-electron chi connectivity index (χ0n) is 8.67. The van der Waals surface area contributed by atoms with Crippen LogP contribution in [0.1, 0.15) is 5.56 Å². The second kappa shape index (κ2) is 4.49. The van der Waals surface area contributed by atoms with Crippen molar-refractivity contribution in [1.82, 2.24) is 0 Å². The zero-order chi connectivity index (χ0) is 11.4. The van der Waals surface area contributed by atoms with E-state index in [0.29, 0.717) is 11.4 Å². The van der Waals surface area contributed by atoms with Crippen LogP contribution in [-0.4, -0.2) is 11.3 Å². The molecular formula is C13H12N2O. The Morgan fingerprint density at radius 1 is 1.06 bits per heavy atom. The largest absolute Gasteiger partial charge is 0.508 e. The number of nitrogens with zero attached hydrogens (tertiary/aromatic N) is 1. The number of phenols is 1. The van der Waals surface area contributed by atoms with Crippen molar-refractivity contribution in [2.45, 2.75) is 0 Å². The van der Waals surface area contributed by atoms with Crippen molar-refractivity contribution >= 4 is 17.6 Å². The second-order valence-electron chi connectivity index (χ2n) is 3.41. The molecule has 3 heteroatoms. The summed E-state index contributed by atoms with van der Waals surface area (Å²) >= 11 is 0. The Balaban J connectivity index is 2.25. The van der Waals surface area contributed by atoms with Crippen LogP contribution in [-0.2, 0) is 0 Å². The predicted octanol–water partition coefficient (Wildman–Crippen LogP) is 2.73. The number of aliphatic imine (C=N–C) groups is 1. The van der Waals surface area contributed by atoms with Gasteiger partial charge in [-0.15, -0.1) is 0 Å². The van der Waals surface area contributed by atoms with Crippen molar-refractivity contribution in [2.75, 3.05) is 5.73 Å². The SMILES string of the molecule is Nc1ccccc1C=Nc1cccc(O)c1. The predicted molar refractivity (Wildman–Crippen MR) is 66.2 cm³/mol. The van der Waals surface area contributed by atoms with E-state index in [2.05, 4.69) is 4.99 Å². The minimum Gasteiger partial charge on any atom is -0.508 e. The number of rotatable bonds is 2. The monoisotopic (exact) mass is 212 g/mol. The summed E-state index contributed by atoms with van der Waals surface area (Å²) < 4.78 is 0. The molecule has 0 saturated heterocycles. The Labute approximate surface area is 93.9 Å². The zero-order valence-corrected chi connectivity index (χ0v) is 8.67. The highest BCUT2D eigenvalue weighted by Gasteiger charge is 1.94. The molecule has 3 nitrogen and oxygen atoms in total. The molecular weight excluding hydrogens is 200 g/mol. The summed E-state index contributed by atoms with van der Waals surface area (Å²) in [7, 11) is 0. The molecule has 0 amide bonds. The maximum atomic E-state index is 9.27. The van der Waals surface area contributed by atoms with Gasteiger partial charge in [-0.05, 0) is 18.2 Å². The van der Waals surface area contributed by atoms with Gasteiger partial charge >= 0.3 is 0 Å². The van der Waals surface area contributed by atoms with Crippen LogP contribution in [0.5, 0.6) is 5.75 Å². The highest BCUT2D eigenvalue weighted by atomic mass is 16.3. The molecule has 0 bridgehead atoms. The van der Waals surface area contributed by atoms with Crippen molar-refractivity contribution in [3.05, 3.63) is 54.1 Å². The fourth-order valence-electron chi connectivity index (χ4n) is 1.35. The maximum Gasteiger partial charge on any atom is 0.117 e. The number of hydrogen-bond donors (Lipinski definition) is 2. The van der Waals surface area contributed by atoms with E-state index in [1.54, 1.807) is 24.4 Å². The molecule has 2 aromatic rings. The molecule has 0 heterocycles. The Morgan fingerprint density at radius 2 is 1.88 bits per heavy atom. The van der Waals surface area contributed by atoms with E-state index in [4.69, 9.17) is 5.73 Å². The van der Waals surface area contributed by atoms with Gasteiger partial charge in [0.1, 0.15) is 5.75 Å². The minimum atomic E-state index is 0.204. The van der Waals surface area contributed by atoms with Crippen molar-refractivity contribution in [3.8, 4) is 5.75 Å². The van der Waals surface area contributed by atoms with Crippen LogP contribution in [0, 0.1) is 0 Å². The highest BCUT2D eigenvalue weighted by molar-refractivity contribution is 5.88. The molecule has 0 atom stereocenters. The molecule has 0 radical (unpaired) electrons. The van der Waals surface area contributed by atoms with Crippen LogP contribution in [0.2, 0.25) is 0 Å². The van der Waals surface area contributed by atoms with Gasteiger partial charge in [0.25, 0.3) is 0 Å². The van der Waals surface area contributed by atoms with Gasteiger partial charge < -0.3 is 10.8 Å². The van der Waals surface area contributed by atoms with E-state index in [1.807, 2.05) is 30.3 Å². The molecule has 0 saturated carbocycles. The molecule has 0 aromatic heterocycles. The number of phenolic OH excluding ortho intramolecular Hbond substituents is 1. The standard InChI is InChI=1S/C13H12N2O/c14-13-7-2-1-4-10(13)9-15-11-5-3-6-12(16)8-11/h1-9,16H,14H2. The molecule has 0 aliphatic rings. The lowest BCUT2D eigenvalue weighted by Crippen LogP contribution is -1.91. The first-order chi connectivity index (χ1) is 7.75. The lowest BCUT2D eigenvalue weighted by Gasteiger charge is -1.98. The number of aromatic hydroxyl groups is 1. The number of benzene rings is 2. The van der Waals surface area contributed by atoms with Gasteiger partial charge in [-0.2, -0.15) is 0 Å². The first-order valence-electron chi connectivity index (χ1n) is 4.93. The first-order valence-corrected chi connectivity index (χ1v) is 4.93. The Morgan fingerprint density at radius 3 is 2.62 bits per heavy atom. The molecule has 0 spiro atoms. The number of anilines is 1. The molecule has 2 aromatic carbocycles. The minimum absolute atomic E-state index is 0.204. The van der Waals surface area contributed by atoms with Gasteiger partial charge in [-0.25, -0.2) is 0 Å². The molecule has 16 heavy (non-hydrogen) atoms. The van der Waals surface area contributed by atoms with E-state index in [0.717, 1.165) is 5.56 Å². The molecule has 2 rings (SSSR count). The fourth-order valence-corrected chi connectivity index (χ4v) is 1.35. The number of nitrogens with two attached hydrogens (primary N) is 1. The molecule has 0 aliphatic carbocycles. The lowest BCUT2D eigenvalue weighted by molar-refractivity contribution is 0.475. The Hall–Kier alpha value is -2.29. The highest BCUT2D eigenvalue weighted by Crippen LogP contribution is 2.18. The fraction of sp³-hybridized carbons (Fsp3) is 0. The second-order valence-corrected chi connectivity index (χ2v) is 3.41. The van der Waals surface area contributed by atoms with Crippen molar-refractivity contribution in [1.29, 1.82) is 0 Å². The van der Waals surface area contributed by atoms with Gasteiger partial charge in [0, 0.05) is 23.5 Å². The van der Waals surface area contributed by atoms with Gasteiger partial charge in [0.05, 0.1) is 5.69 Å². The van der Waals surface area contributed by atoms with Crippen LogP contribution in [0.25, 0.3) is 0 Å². The van der Waals surface area contributed by atoms with Gasteiger partial charge in [-0.1, -0.05) is 24.3 Å². The van der Waals surface area contributed by atoms with Crippen molar-refractivity contribution < 1.29 is 5.11 Å². The number of para-hydroxylation sites is 1. The van der Waals surface area contributed by atoms with Crippen LogP contribution in [0.15, 0.2) is 53.5 Å². The normalized spacial score (nSPS) is 10.8. The molecule has 0 unspecified atom stereocenters. The number of nitrogen functional groups attached to an aromatic ring is 1. The van der Waals surface area contributed by atoms with E-state index < -0.39 is 0 Å². The van der Waals surface area contributed by atoms with Gasteiger partial charge in [-0.3, -0.25) is 4.99 Å². The summed E-state index contributed by atoms with van der Waals surface area (Å²) in [5, 5.41) is 9.27. The maximum absolute atomic E-state index is 9.27. The average molecular weight is 212 g/mol. The third-order valence-electron chi connectivity index (χ3n) is 2.18. The quantitative estimate of drug-likeness (QED) is 0.594. The molecule has 0 aliphatic heterocycles. The van der Waals surface area contributed by atoms with Gasteiger partial charge in [0.15, 0.2) is 0 Å². The first kappa shape index (κ1) is 10.2. The molecule has 80 valence electrons. The Bertz CT molecular complexity index is 521. The molecule has 0 fully saturated rings. The lowest BCUT2D eigenvalue weighted by atomic mass is 10.2. The van der Waals surface area contributed by atoms with Crippen molar-refractivity contribution in [2.24, 2.45) is 4.99 Å². The number of hydrogen-bond acceptors (Lipinski definition) is 3. The van der Waals surface area contributed by atoms with Crippen molar-refractivity contribution in [3.63, 3.8) is 0 Å². The van der Waals surface area contributed by atoms with E-state index in [-0.39, 0.29) is 5.75 Å². The summed E-state index contributed by atoms with van der Waals surface area (Å²) in [5.74, 6) is 0.204. The smallest absolute Gasteiger partial charge is 0.117 e. The third kappa shape index (κ3) is 2.39. The van der Waals surface area contributed by atoms with Gasteiger partial charge in [0.2, 0.25) is 0 Å². The third-order valence-corrected chi connectivity index (χ3v) is 2.18. The van der Waals surface area contributed by atoms with E-state index in [1.165, 1.54) is 0 Å². The average Bonchev–Trinajstić information content (AvgIpc) is 2.28. The van der Waals surface area contributed by atoms with E-state index >= 15 is 0 Å². The summed E-state index contributed by atoms with van der Waals surface area (Å²) in [6, 6.07) is 14.3. The topological polar surface area (TPSA) is 58.6 Å².